The molecule has 0 aliphatic carbocycles. The van der Waals surface area contributed by atoms with Crippen molar-refractivity contribution in [3.8, 4) is 17.1 Å². The second-order valence-electron chi connectivity index (χ2n) is 6.06. The SMILES string of the molecule is COc1ccccc1-c1noc(COC(=O)c2ccc(C(C)C)cc2)n1. The summed E-state index contributed by atoms with van der Waals surface area (Å²) < 4.78 is 15.7. The predicted molar refractivity (Wildman–Crippen MR) is 95.9 cm³/mol. The highest BCUT2D eigenvalue weighted by Crippen LogP contribution is 2.27. The number of ether oxygens (including phenoxy) is 2. The fourth-order valence-electron chi connectivity index (χ4n) is 2.47. The smallest absolute Gasteiger partial charge is 0.338 e. The number of nitrogens with zero attached hydrogens (tertiary/aromatic N) is 2. The van der Waals surface area contributed by atoms with Gasteiger partial charge in [-0.05, 0) is 35.7 Å². The molecule has 3 aromatic rings. The Morgan fingerprint density at radius 2 is 1.85 bits per heavy atom. The topological polar surface area (TPSA) is 74.5 Å². The van der Waals surface area contributed by atoms with Gasteiger partial charge in [0, 0.05) is 0 Å². The first-order valence-corrected chi connectivity index (χ1v) is 8.31. The Bertz CT molecular complexity index is 885. The zero-order valence-corrected chi connectivity index (χ0v) is 14.9. The molecule has 134 valence electrons. The van der Waals surface area contributed by atoms with Gasteiger partial charge in [-0.1, -0.05) is 43.3 Å². The number of para-hydroxylation sites is 1. The van der Waals surface area contributed by atoms with Gasteiger partial charge in [0.2, 0.25) is 5.82 Å². The van der Waals surface area contributed by atoms with Crippen LogP contribution in [0.5, 0.6) is 5.75 Å². The van der Waals surface area contributed by atoms with E-state index in [1.54, 1.807) is 19.2 Å². The number of esters is 1. The molecule has 0 aliphatic rings. The van der Waals surface area contributed by atoms with Crippen molar-refractivity contribution in [2.24, 2.45) is 0 Å². The van der Waals surface area contributed by atoms with Crippen molar-refractivity contribution in [1.82, 2.24) is 10.1 Å². The zero-order valence-electron chi connectivity index (χ0n) is 14.9. The minimum atomic E-state index is -0.433. The van der Waals surface area contributed by atoms with E-state index >= 15 is 0 Å². The van der Waals surface area contributed by atoms with Crippen molar-refractivity contribution < 1.29 is 18.8 Å². The normalized spacial score (nSPS) is 10.8. The van der Waals surface area contributed by atoms with Crippen LogP contribution < -0.4 is 4.74 Å². The Balaban J connectivity index is 1.65. The third kappa shape index (κ3) is 3.91. The fourth-order valence-corrected chi connectivity index (χ4v) is 2.47. The summed E-state index contributed by atoms with van der Waals surface area (Å²) in [5, 5.41) is 3.92. The highest BCUT2D eigenvalue weighted by Gasteiger charge is 2.15. The van der Waals surface area contributed by atoms with Gasteiger partial charge in [0.15, 0.2) is 6.61 Å². The number of aromatic nitrogens is 2. The van der Waals surface area contributed by atoms with Crippen molar-refractivity contribution in [2.45, 2.75) is 26.4 Å². The average molecular weight is 352 g/mol. The van der Waals surface area contributed by atoms with Crippen molar-refractivity contribution in [2.75, 3.05) is 7.11 Å². The molecule has 0 spiro atoms. The number of benzene rings is 2. The Kier molecular flexibility index (Phi) is 5.31. The van der Waals surface area contributed by atoms with Crippen LogP contribution in [0.2, 0.25) is 0 Å². The van der Waals surface area contributed by atoms with Crippen molar-refractivity contribution in [3.63, 3.8) is 0 Å². The number of carbonyl (C=O) groups is 1. The van der Waals surface area contributed by atoms with E-state index in [0.717, 1.165) is 0 Å². The highest BCUT2D eigenvalue weighted by molar-refractivity contribution is 5.89. The van der Waals surface area contributed by atoms with E-state index in [-0.39, 0.29) is 12.5 Å². The van der Waals surface area contributed by atoms with Crippen LogP contribution in [0.15, 0.2) is 53.1 Å². The van der Waals surface area contributed by atoms with Crippen LogP contribution in [0.4, 0.5) is 0 Å². The van der Waals surface area contributed by atoms with Crippen LogP contribution >= 0.6 is 0 Å². The Hall–Kier alpha value is -3.15. The van der Waals surface area contributed by atoms with Crippen molar-refractivity contribution in [1.29, 1.82) is 0 Å². The molecular formula is C20H20N2O4. The van der Waals surface area contributed by atoms with Crippen LogP contribution in [0.1, 0.15) is 41.6 Å². The van der Waals surface area contributed by atoms with Gasteiger partial charge in [-0.15, -0.1) is 0 Å². The predicted octanol–water partition coefficient (Wildman–Crippen LogP) is 4.23. The van der Waals surface area contributed by atoms with Gasteiger partial charge in [0.05, 0.1) is 18.2 Å². The van der Waals surface area contributed by atoms with Gasteiger partial charge in [-0.3, -0.25) is 0 Å². The molecule has 6 nitrogen and oxygen atoms in total. The van der Waals surface area contributed by atoms with Crippen LogP contribution in [0.25, 0.3) is 11.4 Å². The van der Waals surface area contributed by atoms with Crippen LogP contribution in [-0.2, 0) is 11.3 Å². The summed E-state index contributed by atoms with van der Waals surface area (Å²) >= 11 is 0. The molecular weight excluding hydrogens is 332 g/mol. The Morgan fingerprint density at radius 3 is 2.54 bits per heavy atom. The number of rotatable bonds is 6. The van der Waals surface area contributed by atoms with Crippen LogP contribution in [0, 0.1) is 0 Å². The zero-order chi connectivity index (χ0) is 18.5. The third-order valence-corrected chi connectivity index (χ3v) is 3.96. The van der Waals surface area contributed by atoms with Gasteiger partial charge in [-0.25, -0.2) is 4.79 Å². The van der Waals surface area contributed by atoms with E-state index in [1.165, 1.54) is 5.56 Å². The van der Waals surface area contributed by atoms with Gasteiger partial charge in [-0.2, -0.15) is 4.98 Å². The molecule has 0 saturated carbocycles. The summed E-state index contributed by atoms with van der Waals surface area (Å²) in [4.78, 5) is 16.4. The van der Waals surface area contributed by atoms with E-state index < -0.39 is 5.97 Å². The largest absolute Gasteiger partial charge is 0.496 e. The van der Waals surface area contributed by atoms with E-state index in [2.05, 4.69) is 24.0 Å². The molecule has 2 aromatic carbocycles. The molecule has 0 N–H and O–H groups in total. The van der Waals surface area contributed by atoms with Gasteiger partial charge in [0.1, 0.15) is 5.75 Å². The summed E-state index contributed by atoms with van der Waals surface area (Å²) in [5.41, 5.74) is 2.36. The monoisotopic (exact) mass is 352 g/mol. The maximum Gasteiger partial charge on any atom is 0.338 e. The molecule has 1 heterocycles. The summed E-state index contributed by atoms with van der Waals surface area (Å²) in [5.74, 6) is 1.22. The third-order valence-electron chi connectivity index (χ3n) is 3.96. The van der Waals surface area contributed by atoms with E-state index in [9.17, 15) is 4.79 Å². The molecule has 0 fully saturated rings. The Morgan fingerprint density at radius 1 is 1.12 bits per heavy atom. The average Bonchev–Trinajstić information content (AvgIpc) is 3.15. The molecule has 26 heavy (non-hydrogen) atoms. The fraction of sp³-hybridized carbons (Fsp3) is 0.250. The maximum atomic E-state index is 12.1. The molecule has 0 radical (unpaired) electrons. The minimum Gasteiger partial charge on any atom is -0.496 e. The van der Waals surface area contributed by atoms with Gasteiger partial charge in [0.25, 0.3) is 5.89 Å². The van der Waals surface area contributed by atoms with Gasteiger partial charge >= 0.3 is 5.97 Å². The van der Waals surface area contributed by atoms with Crippen LogP contribution in [-0.4, -0.2) is 23.2 Å². The second-order valence-corrected chi connectivity index (χ2v) is 6.06. The van der Waals surface area contributed by atoms with E-state index in [4.69, 9.17) is 14.0 Å². The molecule has 6 heteroatoms. The Labute approximate surface area is 151 Å². The lowest BCUT2D eigenvalue weighted by molar-refractivity contribution is 0.0430. The van der Waals surface area contributed by atoms with Gasteiger partial charge < -0.3 is 14.0 Å². The summed E-state index contributed by atoms with van der Waals surface area (Å²) in [6.07, 6.45) is 0. The maximum absolute atomic E-state index is 12.1. The molecule has 3 rings (SSSR count). The van der Waals surface area contributed by atoms with E-state index in [0.29, 0.717) is 28.6 Å². The second kappa shape index (κ2) is 7.82. The molecule has 0 amide bonds. The number of carbonyl (C=O) groups excluding carboxylic acids is 1. The molecule has 0 unspecified atom stereocenters. The first-order valence-electron chi connectivity index (χ1n) is 8.31. The summed E-state index contributed by atoms with van der Waals surface area (Å²) in [7, 11) is 1.58. The van der Waals surface area contributed by atoms with E-state index in [1.807, 2.05) is 36.4 Å². The lowest BCUT2D eigenvalue weighted by Gasteiger charge is -2.06. The number of hydrogen-bond donors (Lipinski definition) is 0. The molecule has 0 aliphatic heterocycles. The number of hydrogen-bond acceptors (Lipinski definition) is 6. The minimum absolute atomic E-state index is 0.0904. The van der Waals surface area contributed by atoms with Crippen molar-refractivity contribution >= 4 is 5.97 Å². The number of methoxy groups -OCH3 is 1. The lowest BCUT2D eigenvalue weighted by Crippen LogP contribution is -2.05. The highest BCUT2D eigenvalue weighted by atomic mass is 16.6. The first-order chi connectivity index (χ1) is 12.6. The van der Waals surface area contributed by atoms with Crippen molar-refractivity contribution in [3.05, 3.63) is 65.5 Å². The lowest BCUT2D eigenvalue weighted by atomic mass is 10.0. The quantitative estimate of drug-likeness (QED) is 0.618. The standard InChI is InChI=1S/C20H20N2O4/c1-13(2)14-8-10-15(11-9-14)20(23)25-12-18-21-19(22-26-18)16-6-4-5-7-17(16)24-3/h4-11,13H,12H2,1-3H3. The summed E-state index contributed by atoms with van der Waals surface area (Å²) in [6.45, 7) is 4.11. The first kappa shape index (κ1) is 17.7. The molecule has 0 atom stereocenters. The van der Waals surface area contributed by atoms with Crippen LogP contribution in [0.3, 0.4) is 0 Å². The molecule has 0 saturated heterocycles. The molecule has 1 aromatic heterocycles. The molecule has 0 bridgehead atoms. The summed E-state index contributed by atoms with van der Waals surface area (Å²) in [6, 6.07) is 14.7.